The Hall–Kier alpha value is -4.00. The molecule has 0 bridgehead atoms. The molecule has 0 spiro atoms. The summed E-state index contributed by atoms with van der Waals surface area (Å²) in [6, 6.07) is 7.97. The van der Waals surface area contributed by atoms with E-state index in [1.807, 2.05) is 5.38 Å². The first-order valence-corrected chi connectivity index (χ1v) is 12.1. The smallest absolute Gasteiger partial charge is 0.348 e. The lowest BCUT2D eigenvalue weighted by molar-refractivity contribution is 0.0606. The summed E-state index contributed by atoms with van der Waals surface area (Å²) >= 11 is 7.51. The molecule has 0 unspecified atom stereocenters. The average molecular weight is 525 g/mol. The molecule has 0 saturated carbocycles. The summed E-state index contributed by atoms with van der Waals surface area (Å²) in [4.78, 5) is 38.1. The number of nitrogens with zero attached hydrogens (tertiary/aromatic N) is 5. The number of aromatic amines is 1. The van der Waals surface area contributed by atoms with Gasteiger partial charge in [0.1, 0.15) is 22.9 Å². The maximum atomic E-state index is 13.3. The summed E-state index contributed by atoms with van der Waals surface area (Å²) in [7, 11) is 1.35. The minimum absolute atomic E-state index is 0.221. The maximum absolute atomic E-state index is 13.3. The molecule has 1 atom stereocenters. The summed E-state index contributed by atoms with van der Waals surface area (Å²) in [6.07, 6.45) is 4.18. The number of rotatable bonds is 6. The van der Waals surface area contributed by atoms with E-state index in [-0.39, 0.29) is 17.6 Å². The summed E-state index contributed by atoms with van der Waals surface area (Å²) < 4.78 is 6.42. The number of methoxy groups -OCH3 is 1. The van der Waals surface area contributed by atoms with E-state index in [4.69, 9.17) is 33.0 Å². The van der Waals surface area contributed by atoms with Crippen molar-refractivity contribution in [1.29, 1.82) is 0 Å². The number of aryl methyl sites for hydroxylation is 1. The molecule has 1 aliphatic rings. The molecule has 0 amide bonds. The summed E-state index contributed by atoms with van der Waals surface area (Å²) in [5.41, 5.74) is 2.90. The van der Waals surface area contributed by atoms with E-state index < -0.39 is 0 Å². The number of nitrogens with two attached hydrogens (primary N) is 2. The molecule has 1 aliphatic heterocycles. The molecule has 0 fully saturated rings. The van der Waals surface area contributed by atoms with Crippen molar-refractivity contribution >= 4 is 40.9 Å². The number of thiophene rings is 1. The van der Waals surface area contributed by atoms with Crippen LogP contribution in [0.4, 0.5) is 5.69 Å². The fraction of sp³-hybridized carbons (Fsp3) is 0.174. The lowest BCUT2D eigenvalue weighted by atomic mass is 10.1. The van der Waals surface area contributed by atoms with Gasteiger partial charge in [0, 0.05) is 34.0 Å². The highest BCUT2D eigenvalue weighted by Gasteiger charge is 2.29. The summed E-state index contributed by atoms with van der Waals surface area (Å²) in [6.45, 7) is 0. The van der Waals surface area contributed by atoms with Gasteiger partial charge in [-0.3, -0.25) is 14.4 Å². The van der Waals surface area contributed by atoms with Gasteiger partial charge in [-0.05, 0) is 30.7 Å². The van der Waals surface area contributed by atoms with Crippen LogP contribution in [0.5, 0.6) is 0 Å². The van der Waals surface area contributed by atoms with Crippen LogP contribution in [0, 0.1) is 0 Å². The predicted molar refractivity (Wildman–Crippen MR) is 138 cm³/mol. The molecular formula is C23H21ClN8O3S. The third kappa shape index (κ3) is 4.26. The lowest BCUT2D eigenvalue weighted by Gasteiger charge is -2.18. The highest BCUT2D eigenvalue weighted by Crippen LogP contribution is 2.34. The van der Waals surface area contributed by atoms with Crippen molar-refractivity contribution < 1.29 is 9.53 Å². The normalized spacial score (nSPS) is 14.8. The van der Waals surface area contributed by atoms with Crippen LogP contribution in [0.1, 0.15) is 33.8 Å². The Labute approximate surface area is 214 Å². The van der Waals surface area contributed by atoms with Gasteiger partial charge in [0.15, 0.2) is 0 Å². The quantitative estimate of drug-likeness (QED) is 0.114. The minimum atomic E-state index is -0.389. The second kappa shape index (κ2) is 9.57. The van der Waals surface area contributed by atoms with E-state index in [0.29, 0.717) is 51.3 Å². The number of hydrazone groups is 1. The van der Waals surface area contributed by atoms with Crippen LogP contribution in [0.2, 0.25) is 5.02 Å². The number of imidazole rings is 1. The molecule has 13 heteroatoms. The van der Waals surface area contributed by atoms with Gasteiger partial charge in [0.25, 0.3) is 5.56 Å². The number of hydrogen-bond acceptors (Lipinski definition) is 9. The number of esters is 1. The van der Waals surface area contributed by atoms with E-state index in [2.05, 4.69) is 15.1 Å². The zero-order valence-electron chi connectivity index (χ0n) is 19.0. The number of anilines is 1. The Morgan fingerprint density at radius 3 is 3.00 bits per heavy atom. The van der Waals surface area contributed by atoms with E-state index in [1.54, 1.807) is 35.0 Å². The van der Waals surface area contributed by atoms with Crippen LogP contribution < -0.4 is 22.3 Å². The molecule has 0 radical (unpaired) electrons. The van der Waals surface area contributed by atoms with Crippen LogP contribution in [0.15, 0.2) is 51.8 Å². The Kier molecular flexibility index (Phi) is 6.31. The molecule has 11 nitrogen and oxygen atoms in total. The number of halogens is 1. The van der Waals surface area contributed by atoms with Crippen molar-refractivity contribution in [3.63, 3.8) is 0 Å². The lowest BCUT2D eigenvalue weighted by Crippen LogP contribution is -2.30. The first-order chi connectivity index (χ1) is 17.4. The molecule has 184 valence electrons. The van der Waals surface area contributed by atoms with Crippen molar-refractivity contribution in [2.75, 3.05) is 12.1 Å². The predicted octanol–water partition coefficient (Wildman–Crippen LogP) is 2.92. The standard InChI is InChI=1S/C23H21ClN8O3S/c1-35-23(34)19-6-12(10-36-19)16-9-27-22(30-16)18-4-5-20-29-15(8-21(33)32(18)20)14-7-13(24)2-3-17(14)31(26)11-28-25/h2-3,6-11,18H,4-5,25-26H2,1H3,(H,27,30)/b28-11-/t18-/m0/s1. The number of hydrogen-bond donors (Lipinski definition) is 3. The number of carbonyl (C=O) groups is 1. The Morgan fingerprint density at radius 1 is 1.39 bits per heavy atom. The first kappa shape index (κ1) is 23.7. The first-order valence-electron chi connectivity index (χ1n) is 10.8. The number of aromatic nitrogens is 4. The molecule has 0 aliphatic carbocycles. The fourth-order valence-electron chi connectivity index (χ4n) is 4.25. The fourth-order valence-corrected chi connectivity index (χ4v) is 5.25. The SMILES string of the molecule is COC(=O)c1cc(-c2cnc([C@@H]3CCc4nc(-c5cc(Cl)ccc5N(N)/C=N\N)cc(=O)n43)[nH]2)cs1. The largest absolute Gasteiger partial charge is 0.465 e. The molecular weight excluding hydrogens is 504 g/mol. The van der Waals surface area contributed by atoms with Crippen molar-refractivity contribution in [2.24, 2.45) is 16.8 Å². The number of benzene rings is 1. The second-order valence-corrected chi connectivity index (χ2v) is 9.37. The monoisotopic (exact) mass is 524 g/mol. The molecule has 0 saturated heterocycles. The van der Waals surface area contributed by atoms with E-state index in [9.17, 15) is 9.59 Å². The minimum Gasteiger partial charge on any atom is -0.465 e. The third-order valence-electron chi connectivity index (χ3n) is 5.89. The van der Waals surface area contributed by atoms with Gasteiger partial charge < -0.3 is 15.6 Å². The molecule has 3 aromatic heterocycles. The number of ether oxygens (including phenoxy) is 1. The van der Waals surface area contributed by atoms with E-state index in [1.165, 1.54) is 35.9 Å². The van der Waals surface area contributed by atoms with Crippen LogP contribution in [0.25, 0.3) is 22.5 Å². The topological polar surface area (TPSA) is 158 Å². The molecule has 4 aromatic rings. The number of carbonyl (C=O) groups excluding carboxylic acids is 1. The van der Waals surface area contributed by atoms with Gasteiger partial charge in [0.05, 0.1) is 36.4 Å². The number of H-pyrrole nitrogens is 1. The highest BCUT2D eigenvalue weighted by atomic mass is 35.5. The van der Waals surface area contributed by atoms with Crippen molar-refractivity contribution in [3.05, 3.63) is 73.8 Å². The molecule has 5 rings (SSSR count). The van der Waals surface area contributed by atoms with Gasteiger partial charge in [-0.2, -0.15) is 5.10 Å². The van der Waals surface area contributed by atoms with Gasteiger partial charge in [-0.15, -0.1) is 11.3 Å². The van der Waals surface area contributed by atoms with Gasteiger partial charge in [-0.25, -0.2) is 20.6 Å². The highest BCUT2D eigenvalue weighted by molar-refractivity contribution is 7.12. The summed E-state index contributed by atoms with van der Waals surface area (Å²) in [5.74, 6) is 12.2. The molecule has 1 aromatic carbocycles. The Bertz CT molecular complexity index is 1540. The van der Waals surface area contributed by atoms with Gasteiger partial charge in [-0.1, -0.05) is 11.6 Å². The molecule has 4 heterocycles. The zero-order valence-corrected chi connectivity index (χ0v) is 20.6. The van der Waals surface area contributed by atoms with Crippen molar-refractivity contribution in [2.45, 2.75) is 18.9 Å². The van der Waals surface area contributed by atoms with E-state index >= 15 is 0 Å². The Morgan fingerprint density at radius 2 is 2.22 bits per heavy atom. The second-order valence-electron chi connectivity index (χ2n) is 8.03. The number of hydrazine groups is 1. The summed E-state index contributed by atoms with van der Waals surface area (Å²) in [5, 5.41) is 7.01. The Balaban J connectivity index is 1.49. The van der Waals surface area contributed by atoms with Crippen LogP contribution in [-0.2, 0) is 11.2 Å². The molecule has 36 heavy (non-hydrogen) atoms. The maximum Gasteiger partial charge on any atom is 0.348 e. The van der Waals surface area contributed by atoms with Gasteiger partial charge in [0.2, 0.25) is 0 Å². The van der Waals surface area contributed by atoms with Crippen molar-refractivity contribution in [3.8, 4) is 22.5 Å². The van der Waals surface area contributed by atoms with Crippen LogP contribution >= 0.6 is 22.9 Å². The number of fused-ring (bicyclic) bond motifs is 1. The van der Waals surface area contributed by atoms with Crippen LogP contribution in [-0.4, -0.2) is 38.9 Å². The zero-order chi connectivity index (χ0) is 25.4. The third-order valence-corrected chi connectivity index (χ3v) is 7.04. The van der Waals surface area contributed by atoms with E-state index in [0.717, 1.165) is 11.3 Å². The molecule has 5 N–H and O–H groups in total. The van der Waals surface area contributed by atoms with Crippen molar-refractivity contribution in [1.82, 2.24) is 19.5 Å². The average Bonchev–Trinajstić information content (AvgIpc) is 3.62. The van der Waals surface area contributed by atoms with Crippen LogP contribution in [0.3, 0.4) is 0 Å². The van der Waals surface area contributed by atoms with Gasteiger partial charge >= 0.3 is 5.97 Å². The number of nitrogens with one attached hydrogen (secondary N) is 1.